The number of sulfone groups is 1. The first-order chi connectivity index (χ1) is 9.20. The van der Waals surface area contributed by atoms with E-state index in [1.165, 1.54) is 33.9 Å². The molecule has 2 rings (SSSR count). The normalized spacial score (nSPS) is 12.2. The number of thiophene rings is 1. The zero-order valence-corrected chi connectivity index (χ0v) is 14.2. The fourth-order valence-corrected chi connectivity index (χ4v) is 5.01. The number of nitrogens with zero attached hydrogens (tertiary/aromatic N) is 2. The Bertz CT molecular complexity index is 819. The van der Waals surface area contributed by atoms with Gasteiger partial charge in [0.1, 0.15) is 14.7 Å². The van der Waals surface area contributed by atoms with Gasteiger partial charge in [-0.3, -0.25) is 9.36 Å². The maximum atomic E-state index is 12.3. The largest absolute Gasteiger partial charge is 0.290 e. The van der Waals surface area contributed by atoms with Crippen LogP contribution in [0.1, 0.15) is 10.4 Å². The Balaban J connectivity index is 2.41. The smallest absolute Gasteiger partial charge is 0.262 e. The minimum atomic E-state index is -3.00. The highest BCUT2D eigenvalue weighted by Gasteiger charge is 2.15. The second-order valence-corrected chi connectivity index (χ2v) is 9.23. The van der Waals surface area contributed by atoms with Gasteiger partial charge in [0, 0.05) is 23.9 Å². The maximum Gasteiger partial charge on any atom is 0.262 e. The van der Waals surface area contributed by atoms with Crippen molar-refractivity contribution in [3.63, 3.8) is 0 Å². The van der Waals surface area contributed by atoms with E-state index in [0.717, 1.165) is 15.3 Å². The van der Waals surface area contributed by atoms with Gasteiger partial charge in [0.15, 0.2) is 5.16 Å². The number of rotatable bonds is 4. The standard InChI is InChI=1S/C12H16N2O3S3/c1-7-8(2)19-10-9(7)11(15)14(3)12(13-10)18-5-6-20(4,16)17/h5-6H2,1-4H3. The van der Waals surface area contributed by atoms with Gasteiger partial charge in [0.05, 0.1) is 11.1 Å². The van der Waals surface area contributed by atoms with Gasteiger partial charge in [-0.05, 0) is 19.4 Å². The van der Waals surface area contributed by atoms with Crippen LogP contribution in [0, 0.1) is 13.8 Å². The summed E-state index contributed by atoms with van der Waals surface area (Å²) < 4.78 is 23.8. The van der Waals surface area contributed by atoms with Gasteiger partial charge in [0.25, 0.3) is 5.56 Å². The first-order valence-electron chi connectivity index (χ1n) is 5.98. The van der Waals surface area contributed by atoms with E-state index in [4.69, 9.17) is 0 Å². The number of aryl methyl sites for hydroxylation is 2. The zero-order valence-electron chi connectivity index (χ0n) is 11.8. The van der Waals surface area contributed by atoms with E-state index < -0.39 is 9.84 Å². The molecule has 0 aliphatic carbocycles. The molecule has 0 unspecified atom stereocenters. The average molecular weight is 332 g/mol. The van der Waals surface area contributed by atoms with Crippen LogP contribution in [0.2, 0.25) is 0 Å². The highest BCUT2D eigenvalue weighted by molar-refractivity contribution is 8.00. The van der Waals surface area contributed by atoms with Gasteiger partial charge in [-0.15, -0.1) is 11.3 Å². The van der Waals surface area contributed by atoms with Crippen molar-refractivity contribution in [3.05, 3.63) is 20.8 Å². The summed E-state index contributed by atoms with van der Waals surface area (Å²) in [5.74, 6) is 0.474. The Labute approximate surface area is 126 Å². The van der Waals surface area contributed by atoms with Crippen molar-refractivity contribution in [2.24, 2.45) is 7.05 Å². The summed E-state index contributed by atoms with van der Waals surface area (Å²) in [6.45, 7) is 3.89. The summed E-state index contributed by atoms with van der Waals surface area (Å²) in [7, 11) is -1.33. The van der Waals surface area contributed by atoms with E-state index in [1.54, 1.807) is 7.05 Å². The van der Waals surface area contributed by atoms with Crippen LogP contribution in [0.3, 0.4) is 0 Å². The highest BCUT2D eigenvalue weighted by atomic mass is 32.2. The van der Waals surface area contributed by atoms with Crippen LogP contribution in [0.5, 0.6) is 0 Å². The number of thioether (sulfide) groups is 1. The van der Waals surface area contributed by atoms with Crippen LogP contribution >= 0.6 is 23.1 Å². The second kappa shape index (κ2) is 5.50. The van der Waals surface area contributed by atoms with E-state index in [-0.39, 0.29) is 11.3 Å². The molecule has 2 aromatic rings. The number of hydrogen-bond donors (Lipinski definition) is 0. The van der Waals surface area contributed by atoms with Crippen LogP contribution in [-0.4, -0.2) is 35.7 Å². The van der Waals surface area contributed by atoms with Crippen molar-refractivity contribution in [3.8, 4) is 0 Å². The Hall–Kier alpha value is -0.860. The van der Waals surface area contributed by atoms with Crippen molar-refractivity contribution in [1.29, 1.82) is 0 Å². The van der Waals surface area contributed by atoms with Gasteiger partial charge >= 0.3 is 0 Å². The average Bonchev–Trinajstić information content (AvgIpc) is 2.60. The summed E-state index contributed by atoms with van der Waals surface area (Å²) in [4.78, 5) is 18.6. The van der Waals surface area contributed by atoms with E-state index in [2.05, 4.69) is 4.98 Å². The van der Waals surface area contributed by atoms with Crippen molar-refractivity contribution < 1.29 is 8.42 Å². The first kappa shape index (κ1) is 15.5. The minimum Gasteiger partial charge on any atom is -0.290 e. The lowest BCUT2D eigenvalue weighted by atomic mass is 10.2. The van der Waals surface area contributed by atoms with Crippen molar-refractivity contribution >= 4 is 43.2 Å². The van der Waals surface area contributed by atoms with Crippen LogP contribution in [0.15, 0.2) is 9.95 Å². The number of aromatic nitrogens is 2. The second-order valence-electron chi connectivity index (χ2n) is 4.70. The van der Waals surface area contributed by atoms with E-state index in [9.17, 15) is 13.2 Å². The summed E-state index contributed by atoms with van der Waals surface area (Å²) in [6, 6.07) is 0. The summed E-state index contributed by atoms with van der Waals surface area (Å²) in [5, 5.41) is 1.23. The van der Waals surface area contributed by atoms with E-state index in [0.29, 0.717) is 16.3 Å². The molecule has 0 radical (unpaired) electrons. The van der Waals surface area contributed by atoms with Gasteiger partial charge in [-0.25, -0.2) is 13.4 Å². The molecule has 0 aliphatic heterocycles. The lowest BCUT2D eigenvalue weighted by molar-refractivity contribution is 0.603. The molecule has 0 N–H and O–H groups in total. The monoisotopic (exact) mass is 332 g/mol. The lowest BCUT2D eigenvalue weighted by Gasteiger charge is -2.06. The van der Waals surface area contributed by atoms with Crippen molar-refractivity contribution in [1.82, 2.24) is 9.55 Å². The van der Waals surface area contributed by atoms with Gasteiger partial charge in [0.2, 0.25) is 0 Å². The Kier molecular flexibility index (Phi) is 4.27. The van der Waals surface area contributed by atoms with Crippen LogP contribution in [-0.2, 0) is 16.9 Å². The van der Waals surface area contributed by atoms with Crippen molar-refractivity contribution in [2.45, 2.75) is 19.0 Å². The lowest BCUT2D eigenvalue weighted by Crippen LogP contribution is -2.20. The van der Waals surface area contributed by atoms with Crippen LogP contribution < -0.4 is 5.56 Å². The van der Waals surface area contributed by atoms with Crippen LogP contribution in [0.25, 0.3) is 10.2 Å². The SMILES string of the molecule is Cc1sc2nc(SCCS(C)(=O)=O)n(C)c(=O)c2c1C. The summed E-state index contributed by atoms with van der Waals surface area (Å²) >= 11 is 2.80. The Morgan fingerprint density at radius 3 is 2.60 bits per heavy atom. The molecule has 8 heteroatoms. The molecule has 0 atom stereocenters. The molecule has 0 aromatic carbocycles. The zero-order chi connectivity index (χ0) is 15.1. The Morgan fingerprint density at radius 2 is 2.00 bits per heavy atom. The predicted molar refractivity (Wildman–Crippen MR) is 84.8 cm³/mol. The molecule has 2 aromatic heterocycles. The molecule has 110 valence electrons. The maximum absolute atomic E-state index is 12.3. The Morgan fingerprint density at radius 1 is 1.35 bits per heavy atom. The molecule has 5 nitrogen and oxygen atoms in total. The summed E-state index contributed by atoms with van der Waals surface area (Å²) in [5.41, 5.74) is 0.907. The van der Waals surface area contributed by atoms with E-state index >= 15 is 0 Å². The van der Waals surface area contributed by atoms with E-state index in [1.807, 2.05) is 13.8 Å². The molecule has 20 heavy (non-hydrogen) atoms. The van der Waals surface area contributed by atoms with Crippen LogP contribution in [0.4, 0.5) is 0 Å². The minimum absolute atomic E-state index is 0.0706. The molecular formula is C12H16N2O3S3. The van der Waals surface area contributed by atoms with Gasteiger partial charge < -0.3 is 0 Å². The molecule has 0 bridgehead atoms. The number of fused-ring (bicyclic) bond motifs is 1. The molecule has 0 spiro atoms. The predicted octanol–water partition coefficient (Wildman–Crippen LogP) is 1.75. The topological polar surface area (TPSA) is 69.0 Å². The molecule has 0 saturated carbocycles. The third-order valence-corrected chi connectivity index (χ3v) is 6.39. The van der Waals surface area contributed by atoms with Gasteiger partial charge in [-0.1, -0.05) is 11.8 Å². The van der Waals surface area contributed by atoms with Crippen molar-refractivity contribution in [2.75, 3.05) is 17.8 Å². The molecule has 0 aliphatic rings. The molecule has 2 heterocycles. The highest BCUT2D eigenvalue weighted by Crippen LogP contribution is 2.27. The fourth-order valence-electron chi connectivity index (χ4n) is 1.77. The number of hydrogen-bond acceptors (Lipinski definition) is 6. The first-order valence-corrected chi connectivity index (χ1v) is 9.84. The fraction of sp³-hybridized carbons (Fsp3) is 0.500. The molecule has 0 amide bonds. The third kappa shape index (κ3) is 3.07. The quantitative estimate of drug-likeness (QED) is 0.630. The molecule has 0 saturated heterocycles. The summed E-state index contributed by atoms with van der Waals surface area (Å²) in [6.07, 6.45) is 1.20. The molecular weight excluding hydrogens is 316 g/mol. The third-order valence-electron chi connectivity index (χ3n) is 3.05. The molecule has 0 fully saturated rings. The van der Waals surface area contributed by atoms with Gasteiger partial charge in [-0.2, -0.15) is 0 Å².